The van der Waals surface area contributed by atoms with E-state index in [4.69, 9.17) is 10.8 Å². The molecule has 0 fully saturated rings. The van der Waals surface area contributed by atoms with E-state index in [1.54, 1.807) is 18.2 Å². The Bertz CT molecular complexity index is 678. The zero-order chi connectivity index (χ0) is 15.6. The molecule has 0 saturated heterocycles. The molecule has 4 heteroatoms. The Balaban J connectivity index is 2.43. The summed E-state index contributed by atoms with van der Waals surface area (Å²) in [6, 6.07) is 11.1. The molecule has 0 heterocycles. The molecule has 0 aliphatic heterocycles. The molecular formula is C17H20N2O2. The van der Waals surface area contributed by atoms with Gasteiger partial charge in [-0.15, -0.1) is 0 Å². The van der Waals surface area contributed by atoms with Crippen molar-refractivity contribution in [2.24, 2.45) is 0 Å². The second kappa shape index (κ2) is 5.87. The Morgan fingerprint density at radius 3 is 2.57 bits per heavy atom. The average Bonchev–Trinajstić information content (AvgIpc) is 2.42. The van der Waals surface area contributed by atoms with E-state index in [1.807, 2.05) is 19.1 Å². The van der Waals surface area contributed by atoms with Crippen molar-refractivity contribution < 1.29 is 9.90 Å². The van der Waals surface area contributed by atoms with Crippen LogP contribution in [0.25, 0.3) is 0 Å². The monoisotopic (exact) mass is 284 g/mol. The number of nitrogen functional groups attached to an aromatic ring is 1. The molecule has 110 valence electrons. The number of aromatic carboxylic acids is 1. The summed E-state index contributed by atoms with van der Waals surface area (Å²) in [5, 5.41) is 12.5. The van der Waals surface area contributed by atoms with Crippen LogP contribution in [-0.4, -0.2) is 11.1 Å². The van der Waals surface area contributed by atoms with E-state index in [1.165, 1.54) is 5.56 Å². The van der Waals surface area contributed by atoms with Crippen molar-refractivity contribution in [2.45, 2.75) is 26.7 Å². The largest absolute Gasteiger partial charge is 0.478 e. The Morgan fingerprint density at radius 1 is 1.24 bits per heavy atom. The van der Waals surface area contributed by atoms with Gasteiger partial charge in [0.15, 0.2) is 0 Å². The third-order valence-corrected chi connectivity index (χ3v) is 3.48. The number of aryl methyl sites for hydroxylation is 1. The van der Waals surface area contributed by atoms with Crippen LogP contribution in [-0.2, 0) is 0 Å². The van der Waals surface area contributed by atoms with Crippen molar-refractivity contribution in [3.63, 3.8) is 0 Å². The van der Waals surface area contributed by atoms with Crippen LogP contribution in [0.3, 0.4) is 0 Å². The minimum absolute atomic E-state index is 0.111. The molecular weight excluding hydrogens is 264 g/mol. The average molecular weight is 284 g/mol. The number of hydrogen-bond acceptors (Lipinski definition) is 3. The molecule has 0 radical (unpaired) electrons. The first kappa shape index (κ1) is 14.9. The van der Waals surface area contributed by atoms with E-state index in [0.29, 0.717) is 5.92 Å². The summed E-state index contributed by atoms with van der Waals surface area (Å²) in [6.07, 6.45) is 0. The lowest BCUT2D eigenvalue weighted by Gasteiger charge is -2.18. The first-order chi connectivity index (χ1) is 9.90. The molecule has 0 bridgehead atoms. The molecule has 0 atom stereocenters. The lowest BCUT2D eigenvalue weighted by molar-refractivity contribution is 0.0698. The van der Waals surface area contributed by atoms with Gasteiger partial charge in [0.05, 0.1) is 5.56 Å². The summed E-state index contributed by atoms with van der Waals surface area (Å²) in [6.45, 7) is 6.29. The maximum Gasteiger partial charge on any atom is 0.337 e. The third kappa shape index (κ3) is 3.16. The highest BCUT2D eigenvalue weighted by Crippen LogP contribution is 2.31. The van der Waals surface area contributed by atoms with Gasteiger partial charge in [-0.3, -0.25) is 0 Å². The minimum atomic E-state index is -1.02. The fourth-order valence-corrected chi connectivity index (χ4v) is 2.31. The summed E-state index contributed by atoms with van der Waals surface area (Å²) in [4.78, 5) is 11.2. The van der Waals surface area contributed by atoms with Gasteiger partial charge in [0.2, 0.25) is 0 Å². The SMILES string of the molecule is Cc1cccc(C(C)C)c1Nc1ccc(N)c(C(=O)O)c1. The molecule has 0 aliphatic rings. The topological polar surface area (TPSA) is 75.3 Å². The van der Waals surface area contributed by atoms with E-state index in [9.17, 15) is 4.79 Å². The number of para-hydroxylation sites is 1. The predicted octanol–water partition coefficient (Wildman–Crippen LogP) is 4.14. The van der Waals surface area contributed by atoms with Gasteiger partial charge in [0.1, 0.15) is 0 Å². The third-order valence-electron chi connectivity index (χ3n) is 3.48. The minimum Gasteiger partial charge on any atom is -0.478 e. The maximum atomic E-state index is 11.2. The second-order valence-electron chi connectivity index (χ2n) is 5.43. The van der Waals surface area contributed by atoms with Gasteiger partial charge >= 0.3 is 5.97 Å². The first-order valence-electron chi connectivity index (χ1n) is 6.89. The zero-order valence-corrected chi connectivity index (χ0v) is 12.5. The highest BCUT2D eigenvalue weighted by atomic mass is 16.4. The van der Waals surface area contributed by atoms with E-state index >= 15 is 0 Å². The molecule has 2 rings (SSSR count). The molecule has 21 heavy (non-hydrogen) atoms. The number of hydrogen-bond donors (Lipinski definition) is 3. The Morgan fingerprint density at radius 2 is 1.95 bits per heavy atom. The lowest BCUT2D eigenvalue weighted by Crippen LogP contribution is -2.05. The number of carbonyl (C=O) groups is 1. The van der Waals surface area contributed by atoms with Crippen molar-refractivity contribution in [2.75, 3.05) is 11.1 Å². The van der Waals surface area contributed by atoms with Gasteiger partial charge in [-0.2, -0.15) is 0 Å². The lowest BCUT2D eigenvalue weighted by atomic mass is 9.98. The molecule has 0 aliphatic carbocycles. The van der Waals surface area contributed by atoms with Crippen LogP contribution in [0.4, 0.5) is 17.1 Å². The van der Waals surface area contributed by atoms with Crippen molar-refractivity contribution in [1.82, 2.24) is 0 Å². The van der Waals surface area contributed by atoms with Gasteiger partial charge in [-0.05, 0) is 42.2 Å². The van der Waals surface area contributed by atoms with Gasteiger partial charge < -0.3 is 16.2 Å². The molecule has 2 aromatic carbocycles. The van der Waals surface area contributed by atoms with Gasteiger partial charge in [0.25, 0.3) is 0 Å². The Labute approximate surface area is 124 Å². The molecule has 0 spiro atoms. The van der Waals surface area contributed by atoms with Crippen molar-refractivity contribution in [3.8, 4) is 0 Å². The summed E-state index contributed by atoms with van der Waals surface area (Å²) in [7, 11) is 0. The molecule has 4 nitrogen and oxygen atoms in total. The number of nitrogens with two attached hydrogens (primary N) is 1. The number of nitrogens with one attached hydrogen (secondary N) is 1. The van der Waals surface area contributed by atoms with Crippen LogP contribution >= 0.6 is 0 Å². The van der Waals surface area contributed by atoms with Crippen LogP contribution in [0.5, 0.6) is 0 Å². The Hall–Kier alpha value is -2.49. The van der Waals surface area contributed by atoms with E-state index in [2.05, 4.69) is 25.2 Å². The molecule has 0 aromatic heterocycles. The zero-order valence-electron chi connectivity index (χ0n) is 12.5. The predicted molar refractivity (Wildman–Crippen MR) is 86.4 cm³/mol. The Kier molecular flexibility index (Phi) is 4.17. The fourth-order valence-electron chi connectivity index (χ4n) is 2.31. The number of benzene rings is 2. The molecule has 2 aromatic rings. The van der Waals surface area contributed by atoms with Gasteiger partial charge in [-0.1, -0.05) is 32.0 Å². The summed E-state index contributed by atoms with van der Waals surface area (Å²) < 4.78 is 0. The van der Waals surface area contributed by atoms with E-state index < -0.39 is 5.97 Å². The molecule has 0 saturated carbocycles. The summed E-state index contributed by atoms with van der Waals surface area (Å²) >= 11 is 0. The van der Waals surface area contributed by atoms with Crippen LogP contribution in [0.2, 0.25) is 0 Å². The molecule has 0 unspecified atom stereocenters. The molecule has 0 amide bonds. The van der Waals surface area contributed by atoms with E-state index in [0.717, 1.165) is 16.9 Å². The van der Waals surface area contributed by atoms with Crippen LogP contribution in [0, 0.1) is 6.92 Å². The fraction of sp³-hybridized carbons (Fsp3) is 0.235. The van der Waals surface area contributed by atoms with Crippen molar-refractivity contribution in [3.05, 3.63) is 53.1 Å². The van der Waals surface area contributed by atoms with E-state index in [-0.39, 0.29) is 11.3 Å². The number of anilines is 3. The molecule has 4 N–H and O–H groups in total. The van der Waals surface area contributed by atoms with Crippen molar-refractivity contribution in [1.29, 1.82) is 0 Å². The smallest absolute Gasteiger partial charge is 0.337 e. The van der Waals surface area contributed by atoms with Gasteiger partial charge in [-0.25, -0.2) is 4.79 Å². The van der Waals surface area contributed by atoms with Gasteiger partial charge in [0, 0.05) is 17.1 Å². The van der Waals surface area contributed by atoms with Crippen molar-refractivity contribution >= 4 is 23.0 Å². The highest BCUT2D eigenvalue weighted by molar-refractivity contribution is 5.95. The maximum absolute atomic E-state index is 11.2. The first-order valence-corrected chi connectivity index (χ1v) is 6.89. The number of carboxylic acids is 1. The van der Waals surface area contributed by atoms with Crippen LogP contribution < -0.4 is 11.1 Å². The quantitative estimate of drug-likeness (QED) is 0.737. The normalized spacial score (nSPS) is 10.7. The highest BCUT2D eigenvalue weighted by Gasteiger charge is 2.12. The number of carboxylic acid groups (broad SMARTS) is 1. The summed E-state index contributed by atoms with van der Waals surface area (Å²) in [5.41, 5.74) is 10.1. The number of rotatable bonds is 4. The van der Waals surface area contributed by atoms with Crippen LogP contribution in [0.15, 0.2) is 36.4 Å². The summed E-state index contributed by atoms with van der Waals surface area (Å²) in [5.74, 6) is -0.648. The second-order valence-corrected chi connectivity index (χ2v) is 5.43. The standard InChI is InChI=1S/C17H20N2O2/c1-10(2)13-6-4-5-11(3)16(13)19-12-7-8-15(18)14(9-12)17(20)21/h4-10,19H,18H2,1-3H3,(H,20,21). The van der Waals surface area contributed by atoms with Crippen LogP contribution in [0.1, 0.15) is 41.3 Å².